The molecule has 3 rings (SSSR count). The summed E-state index contributed by atoms with van der Waals surface area (Å²) >= 11 is 0. The van der Waals surface area contributed by atoms with E-state index in [1.807, 2.05) is 25.1 Å². The van der Waals surface area contributed by atoms with Crippen molar-refractivity contribution in [3.8, 4) is 22.5 Å². The van der Waals surface area contributed by atoms with E-state index in [0.29, 0.717) is 0 Å². The first-order chi connectivity index (χ1) is 9.24. The van der Waals surface area contributed by atoms with E-state index in [1.54, 1.807) is 0 Å². The third-order valence-electron chi connectivity index (χ3n) is 3.34. The van der Waals surface area contributed by atoms with Crippen LogP contribution in [0.15, 0.2) is 65.1 Å². The Kier molecular flexibility index (Phi) is 2.96. The van der Waals surface area contributed by atoms with Crippen molar-refractivity contribution in [2.45, 2.75) is 13.8 Å². The highest BCUT2D eigenvalue weighted by molar-refractivity contribution is 5.72. The smallest absolute Gasteiger partial charge is 0.134 e. The summed E-state index contributed by atoms with van der Waals surface area (Å²) in [6, 6.07) is 20.9. The SMILES string of the molecule is Cc1ccc(-c2cc(-c3ccccc3)oc2C)cc1. The molecule has 0 radical (unpaired) electrons. The molecule has 0 saturated heterocycles. The number of hydrogen-bond donors (Lipinski definition) is 0. The van der Waals surface area contributed by atoms with E-state index in [1.165, 1.54) is 16.7 Å². The minimum atomic E-state index is 0.925. The van der Waals surface area contributed by atoms with E-state index >= 15 is 0 Å². The molecule has 0 N–H and O–H groups in total. The minimum absolute atomic E-state index is 0.925. The summed E-state index contributed by atoms with van der Waals surface area (Å²) in [5, 5.41) is 0. The maximum absolute atomic E-state index is 5.89. The van der Waals surface area contributed by atoms with Crippen LogP contribution >= 0.6 is 0 Å². The summed E-state index contributed by atoms with van der Waals surface area (Å²) in [7, 11) is 0. The standard InChI is InChI=1S/C18H16O/c1-13-8-10-15(11-9-13)17-12-18(19-14(17)2)16-6-4-3-5-7-16/h3-12H,1-2H3. The number of rotatable bonds is 2. The van der Waals surface area contributed by atoms with Gasteiger partial charge >= 0.3 is 0 Å². The van der Waals surface area contributed by atoms with E-state index in [9.17, 15) is 0 Å². The molecule has 1 heteroatoms. The summed E-state index contributed by atoms with van der Waals surface area (Å²) in [5.74, 6) is 1.89. The molecule has 1 aromatic heterocycles. The first-order valence-corrected chi connectivity index (χ1v) is 6.47. The molecule has 0 saturated carbocycles. The van der Waals surface area contributed by atoms with E-state index in [-0.39, 0.29) is 0 Å². The zero-order valence-corrected chi connectivity index (χ0v) is 11.2. The van der Waals surface area contributed by atoms with Crippen molar-refractivity contribution in [2.75, 3.05) is 0 Å². The van der Waals surface area contributed by atoms with E-state index in [4.69, 9.17) is 4.42 Å². The van der Waals surface area contributed by atoms with Crippen LogP contribution < -0.4 is 0 Å². The average molecular weight is 248 g/mol. The number of aryl methyl sites for hydroxylation is 2. The van der Waals surface area contributed by atoms with Crippen molar-refractivity contribution in [3.63, 3.8) is 0 Å². The van der Waals surface area contributed by atoms with Crippen molar-refractivity contribution in [1.82, 2.24) is 0 Å². The zero-order valence-electron chi connectivity index (χ0n) is 11.2. The molecule has 0 fully saturated rings. The normalized spacial score (nSPS) is 10.6. The van der Waals surface area contributed by atoms with Crippen molar-refractivity contribution < 1.29 is 4.42 Å². The Bertz CT molecular complexity index is 675. The maximum Gasteiger partial charge on any atom is 0.134 e. The van der Waals surface area contributed by atoms with Crippen molar-refractivity contribution >= 4 is 0 Å². The number of furan rings is 1. The molecule has 19 heavy (non-hydrogen) atoms. The van der Waals surface area contributed by atoms with Gasteiger partial charge in [0.05, 0.1) is 0 Å². The highest BCUT2D eigenvalue weighted by atomic mass is 16.3. The van der Waals surface area contributed by atoms with E-state index in [0.717, 1.165) is 17.1 Å². The molecule has 0 atom stereocenters. The fourth-order valence-corrected chi connectivity index (χ4v) is 2.25. The van der Waals surface area contributed by atoms with Crippen molar-refractivity contribution in [1.29, 1.82) is 0 Å². The second-order valence-electron chi connectivity index (χ2n) is 4.81. The molecule has 0 amide bonds. The van der Waals surface area contributed by atoms with Crippen LogP contribution in [0, 0.1) is 13.8 Å². The molecule has 0 unspecified atom stereocenters. The molecule has 1 nitrogen and oxygen atoms in total. The third kappa shape index (κ3) is 2.32. The summed E-state index contributed by atoms with van der Waals surface area (Å²) < 4.78 is 5.89. The van der Waals surface area contributed by atoms with Gasteiger partial charge in [0.2, 0.25) is 0 Å². The molecular formula is C18H16O. The summed E-state index contributed by atoms with van der Waals surface area (Å²) in [6.45, 7) is 4.11. The molecule has 3 aromatic rings. The van der Waals surface area contributed by atoms with Crippen LogP contribution in [0.25, 0.3) is 22.5 Å². The quantitative estimate of drug-likeness (QED) is 0.605. The van der Waals surface area contributed by atoms with Gasteiger partial charge in [0.15, 0.2) is 0 Å². The van der Waals surface area contributed by atoms with Gasteiger partial charge in [-0.25, -0.2) is 0 Å². The Labute approximate surface area is 113 Å². The van der Waals surface area contributed by atoms with Crippen LogP contribution in [0.1, 0.15) is 11.3 Å². The fraction of sp³-hybridized carbons (Fsp3) is 0.111. The van der Waals surface area contributed by atoms with Crippen LogP contribution in [-0.4, -0.2) is 0 Å². The molecule has 0 bridgehead atoms. The van der Waals surface area contributed by atoms with Gasteiger partial charge in [-0.2, -0.15) is 0 Å². The number of hydrogen-bond acceptors (Lipinski definition) is 1. The molecular weight excluding hydrogens is 232 g/mol. The van der Waals surface area contributed by atoms with Crippen LogP contribution in [0.2, 0.25) is 0 Å². The Morgan fingerprint density at radius 2 is 1.42 bits per heavy atom. The first kappa shape index (κ1) is 11.8. The minimum Gasteiger partial charge on any atom is -0.461 e. The lowest BCUT2D eigenvalue weighted by atomic mass is 10.0. The predicted octanol–water partition coefficient (Wildman–Crippen LogP) is 5.23. The highest BCUT2D eigenvalue weighted by Gasteiger charge is 2.10. The molecule has 94 valence electrons. The van der Waals surface area contributed by atoms with Crippen molar-refractivity contribution in [2.24, 2.45) is 0 Å². The number of benzene rings is 2. The Balaban J connectivity index is 2.05. The average Bonchev–Trinajstić information content (AvgIpc) is 2.83. The summed E-state index contributed by atoms with van der Waals surface area (Å²) in [4.78, 5) is 0. The van der Waals surface area contributed by atoms with Crippen LogP contribution in [0.4, 0.5) is 0 Å². The molecule has 2 aromatic carbocycles. The lowest BCUT2D eigenvalue weighted by Crippen LogP contribution is -1.77. The third-order valence-corrected chi connectivity index (χ3v) is 3.34. The lowest BCUT2D eigenvalue weighted by molar-refractivity contribution is 0.549. The van der Waals surface area contributed by atoms with Gasteiger partial charge in [-0.15, -0.1) is 0 Å². The molecule has 1 heterocycles. The van der Waals surface area contributed by atoms with Gasteiger partial charge in [0.25, 0.3) is 0 Å². The van der Waals surface area contributed by atoms with Gasteiger partial charge in [-0.1, -0.05) is 60.2 Å². The van der Waals surface area contributed by atoms with E-state index in [2.05, 4.69) is 49.4 Å². The van der Waals surface area contributed by atoms with Crippen LogP contribution in [0.5, 0.6) is 0 Å². The molecule has 0 aliphatic heterocycles. The first-order valence-electron chi connectivity index (χ1n) is 6.47. The Morgan fingerprint density at radius 1 is 0.737 bits per heavy atom. The zero-order chi connectivity index (χ0) is 13.2. The maximum atomic E-state index is 5.89. The van der Waals surface area contributed by atoms with Gasteiger partial charge in [-0.3, -0.25) is 0 Å². The largest absolute Gasteiger partial charge is 0.461 e. The summed E-state index contributed by atoms with van der Waals surface area (Å²) in [5.41, 5.74) is 4.75. The van der Waals surface area contributed by atoms with Crippen LogP contribution in [0.3, 0.4) is 0 Å². The Morgan fingerprint density at radius 3 is 2.11 bits per heavy atom. The lowest BCUT2D eigenvalue weighted by Gasteiger charge is -1.99. The molecule has 0 aliphatic carbocycles. The predicted molar refractivity (Wildman–Crippen MR) is 79.1 cm³/mol. The second-order valence-corrected chi connectivity index (χ2v) is 4.81. The summed E-state index contributed by atoms with van der Waals surface area (Å²) in [6.07, 6.45) is 0. The monoisotopic (exact) mass is 248 g/mol. The van der Waals surface area contributed by atoms with Crippen molar-refractivity contribution in [3.05, 3.63) is 72.0 Å². The molecule has 0 spiro atoms. The topological polar surface area (TPSA) is 13.1 Å². The second kappa shape index (κ2) is 4.77. The van der Waals surface area contributed by atoms with Gasteiger partial charge in [0, 0.05) is 11.1 Å². The fourth-order valence-electron chi connectivity index (χ4n) is 2.25. The van der Waals surface area contributed by atoms with Gasteiger partial charge in [-0.05, 0) is 25.5 Å². The molecule has 0 aliphatic rings. The van der Waals surface area contributed by atoms with Crippen LogP contribution in [-0.2, 0) is 0 Å². The van der Waals surface area contributed by atoms with E-state index < -0.39 is 0 Å². The van der Waals surface area contributed by atoms with Gasteiger partial charge < -0.3 is 4.42 Å². The highest BCUT2D eigenvalue weighted by Crippen LogP contribution is 2.32. The Hall–Kier alpha value is -2.28. The van der Waals surface area contributed by atoms with Gasteiger partial charge in [0.1, 0.15) is 11.5 Å².